The molecule has 2 aromatic rings. The highest BCUT2D eigenvalue weighted by molar-refractivity contribution is 8.15. The molecule has 1 aliphatic heterocycles. The van der Waals surface area contributed by atoms with Crippen molar-refractivity contribution in [2.45, 2.75) is 60.0 Å². The van der Waals surface area contributed by atoms with Crippen LogP contribution in [0.25, 0.3) is 6.08 Å². The lowest BCUT2D eigenvalue weighted by Gasteiger charge is -2.38. The van der Waals surface area contributed by atoms with Crippen LogP contribution in [-0.2, 0) is 11.2 Å². The average Bonchev–Trinajstić information content (AvgIpc) is 2.83. The molecule has 0 amide bonds. The van der Waals surface area contributed by atoms with E-state index in [2.05, 4.69) is 54.2 Å². The lowest BCUT2D eigenvalue weighted by atomic mass is 9.87. The van der Waals surface area contributed by atoms with Gasteiger partial charge in [0.25, 0.3) is 0 Å². The van der Waals surface area contributed by atoms with Crippen molar-refractivity contribution < 1.29 is 19.0 Å². The van der Waals surface area contributed by atoms with Crippen molar-refractivity contribution in [1.29, 1.82) is 0 Å². The molecule has 7 heteroatoms. The van der Waals surface area contributed by atoms with E-state index in [1.165, 1.54) is 11.1 Å². The van der Waals surface area contributed by atoms with Crippen LogP contribution < -0.4 is 19.9 Å². The summed E-state index contributed by atoms with van der Waals surface area (Å²) >= 11 is 7.49. The summed E-state index contributed by atoms with van der Waals surface area (Å²) in [4.78, 5) is 11.4. The average molecular weight is 542 g/mol. The van der Waals surface area contributed by atoms with Gasteiger partial charge in [0.2, 0.25) is 0 Å². The Morgan fingerprint density at radius 3 is 2.57 bits per heavy atom. The fourth-order valence-electron chi connectivity index (χ4n) is 4.25. The number of hydrogen-bond donors (Lipinski definition) is 1. The lowest BCUT2D eigenvalue weighted by Crippen LogP contribution is -2.42. The fourth-order valence-corrected chi connectivity index (χ4v) is 4.95. The minimum atomic E-state index is -0.506. The van der Waals surface area contributed by atoms with Crippen molar-refractivity contribution in [3.8, 4) is 17.2 Å². The molecule has 0 bridgehead atoms. The van der Waals surface area contributed by atoms with Crippen molar-refractivity contribution in [1.82, 2.24) is 0 Å². The minimum absolute atomic E-state index is 0.323. The Labute approximate surface area is 229 Å². The molecule has 198 valence electrons. The van der Waals surface area contributed by atoms with Crippen LogP contribution in [0.1, 0.15) is 55.0 Å². The third-order valence-corrected chi connectivity index (χ3v) is 7.59. The number of thioether (sulfide) groups is 1. The molecule has 5 nitrogen and oxygen atoms in total. The van der Waals surface area contributed by atoms with E-state index in [-0.39, 0.29) is 0 Å². The molecule has 1 heterocycles. The first-order valence-electron chi connectivity index (χ1n) is 12.2. The molecule has 1 aliphatic rings. The zero-order valence-corrected chi connectivity index (χ0v) is 24.1. The van der Waals surface area contributed by atoms with Crippen molar-refractivity contribution in [3.05, 3.63) is 79.9 Å². The predicted octanol–water partition coefficient (Wildman–Crippen LogP) is 7.51. The van der Waals surface area contributed by atoms with Gasteiger partial charge in [-0.3, -0.25) is 4.79 Å². The number of benzene rings is 2. The number of rotatable bonds is 10. The monoisotopic (exact) mass is 541 g/mol. The summed E-state index contributed by atoms with van der Waals surface area (Å²) in [5, 5.41) is 0.465. The maximum absolute atomic E-state index is 10.9. The van der Waals surface area contributed by atoms with Crippen molar-refractivity contribution in [2.24, 2.45) is 5.73 Å². The summed E-state index contributed by atoms with van der Waals surface area (Å²) < 4.78 is 18.9. The second-order valence-electron chi connectivity index (χ2n) is 9.88. The quantitative estimate of drug-likeness (QED) is 0.191. The van der Waals surface area contributed by atoms with Gasteiger partial charge in [0.05, 0.1) is 5.02 Å². The standard InChI is InChI=1S/C30H36ClNO4S/c1-18(2)11-13-34-28-19(3)20(4)29-24(21(28)5)10-12-30(7,36-29)16-35-26-9-8-23(14-25(26)31)15-27(22(6)32)37-17-33/h8-9,11,14-15,17H,6,10,12-13,16,32H2,1-5,7H3/b27-15-. The maximum atomic E-state index is 10.9. The third kappa shape index (κ3) is 6.93. The van der Waals surface area contributed by atoms with Gasteiger partial charge in [-0.25, -0.2) is 0 Å². The van der Waals surface area contributed by atoms with Gasteiger partial charge in [-0.2, -0.15) is 0 Å². The van der Waals surface area contributed by atoms with E-state index in [1.807, 2.05) is 12.1 Å². The molecule has 2 N–H and O–H groups in total. The van der Waals surface area contributed by atoms with E-state index in [9.17, 15) is 4.79 Å². The van der Waals surface area contributed by atoms with E-state index in [4.69, 9.17) is 31.5 Å². The normalized spacial score (nSPS) is 16.9. The summed E-state index contributed by atoms with van der Waals surface area (Å²) in [6.07, 6.45) is 5.54. The van der Waals surface area contributed by atoms with Crippen LogP contribution in [-0.4, -0.2) is 24.4 Å². The van der Waals surface area contributed by atoms with Crippen molar-refractivity contribution >= 4 is 35.1 Å². The van der Waals surface area contributed by atoms with Gasteiger partial charge in [0.15, 0.2) is 5.62 Å². The molecule has 3 rings (SSSR count). The number of carbonyl (C=O) groups excluding carboxylic acids is 1. The van der Waals surface area contributed by atoms with E-state index in [1.54, 1.807) is 12.1 Å². The number of fused-ring (bicyclic) bond motifs is 1. The van der Waals surface area contributed by atoms with Crippen LogP contribution in [0.3, 0.4) is 0 Å². The topological polar surface area (TPSA) is 70.8 Å². The molecule has 1 unspecified atom stereocenters. The Balaban J connectivity index is 1.76. The first-order valence-corrected chi connectivity index (χ1v) is 13.5. The summed E-state index contributed by atoms with van der Waals surface area (Å²) in [5.41, 5.74) is 12.9. The molecule has 37 heavy (non-hydrogen) atoms. The van der Waals surface area contributed by atoms with Crippen LogP contribution in [0.5, 0.6) is 17.2 Å². The summed E-state index contributed by atoms with van der Waals surface area (Å²) in [6.45, 7) is 17.1. The Kier molecular flexibility index (Phi) is 9.43. The van der Waals surface area contributed by atoms with Gasteiger partial charge < -0.3 is 19.9 Å². The maximum Gasteiger partial charge on any atom is 0.181 e. The number of carbonyl (C=O) groups is 1. The Bertz CT molecular complexity index is 1260. The highest BCUT2D eigenvalue weighted by Gasteiger charge is 2.35. The predicted molar refractivity (Wildman–Crippen MR) is 156 cm³/mol. The lowest BCUT2D eigenvalue weighted by molar-refractivity contribution is 0.0167. The number of ether oxygens (including phenoxy) is 3. The molecular weight excluding hydrogens is 506 g/mol. The van der Waals surface area contributed by atoms with Crippen LogP contribution in [0.4, 0.5) is 0 Å². The molecule has 0 saturated heterocycles. The zero-order valence-electron chi connectivity index (χ0n) is 22.5. The van der Waals surface area contributed by atoms with Crippen molar-refractivity contribution in [2.75, 3.05) is 13.2 Å². The third-order valence-electron chi connectivity index (χ3n) is 6.56. The van der Waals surface area contributed by atoms with Crippen molar-refractivity contribution in [3.63, 3.8) is 0 Å². The van der Waals surface area contributed by atoms with Crippen LogP contribution in [0.15, 0.2) is 47.0 Å². The van der Waals surface area contributed by atoms with Crippen LogP contribution >= 0.6 is 23.4 Å². The van der Waals surface area contributed by atoms with Gasteiger partial charge in [0, 0.05) is 16.2 Å². The van der Waals surface area contributed by atoms with Gasteiger partial charge in [-0.1, -0.05) is 41.6 Å². The molecule has 0 spiro atoms. The highest BCUT2D eigenvalue weighted by atomic mass is 35.5. The number of hydrogen-bond acceptors (Lipinski definition) is 6. The number of allylic oxidation sites excluding steroid dienone is 1. The first kappa shape index (κ1) is 28.7. The van der Waals surface area contributed by atoms with Gasteiger partial charge in [-0.05, 0) is 101 Å². The molecule has 0 saturated carbocycles. The fraction of sp³-hybridized carbons (Fsp3) is 0.367. The molecule has 1 atom stereocenters. The van der Waals surface area contributed by atoms with Gasteiger partial charge in [-0.15, -0.1) is 0 Å². The van der Waals surface area contributed by atoms with E-state index in [0.717, 1.165) is 64.0 Å². The molecule has 0 radical (unpaired) electrons. The van der Waals surface area contributed by atoms with E-state index < -0.39 is 5.60 Å². The number of nitrogens with two attached hydrogens (primary N) is 1. The molecule has 0 aromatic heterocycles. The molecule has 2 aromatic carbocycles. The summed E-state index contributed by atoms with van der Waals surface area (Å²) in [6, 6.07) is 5.45. The SMILES string of the molecule is C=C(N)/C(=C/c1ccc(OCC2(C)CCc3c(C)c(OCC=C(C)C)c(C)c(C)c3O2)c(Cl)c1)SC=O. The zero-order chi connectivity index (χ0) is 27.3. The van der Waals surface area contributed by atoms with Gasteiger partial charge >= 0.3 is 0 Å². The largest absolute Gasteiger partial charge is 0.489 e. The van der Waals surface area contributed by atoms with E-state index in [0.29, 0.717) is 34.6 Å². The van der Waals surface area contributed by atoms with E-state index >= 15 is 0 Å². The highest BCUT2D eigenvalue weighted by Crippen LogP contribution is 2.44. The summed E-state index contributed by atoms with van der Waals surface area (Å²) in [7, 11) is 0. The van der Waals surface area contributed by atoms with Gasteiger partial charge in [0.1, 0.15) is 36.1 Å². The number of halogens is 1. The molecule has 0 aliphatic carbocycles. The molecule has 0 fully saturated rings. The van der Waals surface area contributed by atoms with Crippen LogP contribution in [0.2, 0.25) is 5.02 Å². The van der Waals surface area contributed by atoms with Crippen LogP contribution in [0, 0.1) is 20.8 Å². The first-order chi connectivity index (χ1) is 17.5. The minimum Gasteiger partial charge on any atom is -0.489 e. The second kappa shape index (κ2) is 12.1. The Morgan fingerprint density at radius 1 is 1.22 bits per heavy atom. The Morgan fingerprint density at radius 2 is 1.95 bits per heavy atom. The smallest absolute Gasteiger partial charge is 0.181 e. The second-order valence-corrected chi connectivity index (χ2v) is 11.2. The Hall–Kier alpha value is -2.83. The molecular formula is C30H36ClNO4S. The summed E-state index contributed by atoms with van der Waals surface area (Å²) in [5.74, 6) is 2.44.